The zero-order chi connectivity index (χ0) is 14.0. The van der Waals surface area contributed by atoms with Crippen molar-refractivity contribution in [3.05, 3.63) is 32.9 Å². The summed E-state index contributed by atoms with van der Waals surface area (Å²) in [4.78, 5) is 24.1. The van der Waals surface area contributed by atoms with E-state index in [1.807, 2.05) is 4.98 Å². The number of aliphatic hydroxyl groups excluding tert-OH is 2. The summed E-state index contributed by atoms with van der Waals surface area (Å²) in [7, 11) is 0. The van der Waals surface area contributed by atoms with Crippen LogP contribution in [0.2, 0.25) is 0 Å². The third-order valence-corrected chi connectivity index (χ3v) is 3.21. The third-order valence-electron chi connectivity index (χ3n) is 3.21. The molecular weight excluding hydrogens is 257 g/mol. The number of H-pyrrole nitrogens is 1. The summed E-state index contributed by atoms with van der Waals surface area (Å²) in [5, 5.41) is 22.5. The fraction of sp³-hybridized carbons (Fsp3) is 0.636. The summed E-state index contributed by atoms with van der Waals surface area (Å²) in [6, 6.07) is -0.238. The van der Waals surface area contributed by atoms with Crippen molar-refractivity contribution in [3.63, 3.8) is 0 Å². The van der Waals surface area contributed by atoms with Crippen LogP contribution in [0.25, 0.3) is 0 Å². The standard InChI is InChI=1S/C11H16FN3O4/c12-7-5-15(11(19)14-10(7)18)4-6(16)3-8-9(17)1-2-13-8/h5-6,8-9,13,16-17H,1-4H2,(H,14,18,19)/t6-,8-,9+/m1/s1. The van der Waals surface area contributed by atoms with Crippen LogP contribution in [0.3, 0.4) is 0 Å². The molecule has 0 amide bonds. The maximum Gasteiger partial charge on any atom is 0.328 e. The molecule has 7 nitrogen and oxygen atoms in total. The lowest BCUT2D eigenvalue weighted by molar-refractivity contribution is 0.0922. The van der Waals surface area contributed by atoms with E-state index in [-0.39, 0.29) is 19.0 Å². The van der Waals surface area contributed by atoms with Gasteiger partial charge in [0.15, 0.2) is 0 Å². The molecule has 19 heavy (non-hydrogen) atoms. The first-order valence-electron chi connectivity index (χ1n) is 6.06. The van der Waals surface area contributed by atoms with Crippen molar-refractivity contribution in [1.82, 2.24) is 14.9 Å². The highest BCUT2D eigenvalue weighted by Gasteiger charge is 2.26. The first-order chi connectivity index (χ1) is 8.97. The van der Waals surface area contributed by atoms with Crippen molar-refractivity contribution >= 4 is 0 Å². The molecule has 3 atom stereocenters. The van der Waals surface area contributed by atoms with Crippen molar-refractivity contribution in [2.75, 3.05) is 6.54 Å². The van der Waals surface area contributed by atoms with Gasteiger partial charge in [-0.1, -0.05) is 0 Å². The second-order valence-corrected chi connectivity index (χ2v) is 4.69. The van der Waals surface area contributed by atoms with Gasteiger partial charge in [0.1, 0.15) is 0 Å². The van der Waals surface area contributed by atoms with E-state index in [0.717, 1.165) is 10.8 Å². The molecular formula is C11H16FN3O4. The van der Waals surface area contributed by atoms with E-state index in [1.54, 1.807) is 0 Å². The zero-order valence-electron chi connectivity index (χ0n) is 10.2. The van der Waals surface area contributed by atoms with Gasteiger partial charge in [0, 0.05) is 6.04 Å². The van der Waals surface area contributed by atoms with Crippen LogP contribution in [0.5, 0.6) is 0 Å². The molecule has 1 fully saturated rings. The highest BCUT2D eigenvalue weighted by atomic mass is 19.1. The second kappa shape index (κ2) is 5.64. The van der Waals surface area contributed by atoms with Gasteiger partial charge in [0.05, 0.1) is 24.9 Å². The third kappa shape index (κ3) is 3.28. The minimum Gasteiger partial charge on any atom is -0.391 e. The van der Waals surface area contributed by atoms with Crippen LogP contribution >= 0.6 is 0 Å². The summed E-state index contributed by atoms with van der Waals surface area (Å²) in [5.74, 6) is -1.08. The number of nitrogens with zero attached hydrogens (tertiary/aromatic N) is 1. The number of aliphatic hydroxyl groups is 2. The Morgan fingerprint density at radius 1 is 1.53 bits per heavy atom. The molecule has 1 saturated heterocycles. The Balaban J connectivity index is 2.02. The lowest BCUT2D eigenvalue weighted by Crippen LogP contribution is -2.38. The van der Waals surface area contributed by atoms with Gasteiger partial charge in [-0.2, -0.15) is 4.39 Å². The number of halogens is 1. The topological polar surface area (TPSA) is 107 Å². The van der Waals surface area contributed by atoms with Crippen LogP contribution in [-0.4, -0.2) is 44.6 Å². The molecule has 1 aliphatic heterocycles. The fourth-order valence-corrected chi connectivity index (χ4v) is 2.21. The zero-order valence-corrected chi connectivity index (χ0v) is 10.2. The maximum absolute atomic E-state index is 13.0. The van der Waals surface area contributed by atoms with Gasteiger partial charge in [-0.3, -0.25) is 14.3 Å². The largest absolute Gasteiger partial charge is 0.391 e. The van der Waals surface area contributed by atoms with Crippen LogP contribution in [0, 0.1) is 5.82 Å². The Labute approximate surface area is 107 Å². The van der Waals surface area contributed by atoms with Gasteiger partial charge in [0.25, 0.3) is 5.56 Å². The Kier molecular flexibility index (Phi) is 4.13. The molecule has 2 rings (SSSR count). The Morgan fingerprint density at radius 2 is 2.26 bits per heavy atom. The number of hydrogen-bond acceptors (Lipinski definition) is 5. The number of rotatable bonds is 4. The Morgan fingerprint density at radius 3 is 2.89 bits per heavy atom. The summed E-state index contributed by atoms with van der Waals surface area (Å²) in [6.45, 7) is 0.531. The smallest absolute Gasteiger partial charge is 0.328 e. The average Bonchev–Trinajstić information content (AvgIpc) is 2.72. The highest BCUT2D eigenvalue weighted by molar-refractivity contribution is 4.89. The summed E-state index contributed by atoms with van der Waals surface area (Å²) < 4.78 is 13.9. The van der Waals surface area contributed by atoms with Crippen molar-refractivity contribution in [3.8, 4) is 0 Å². The Bertz CT molecular complexity index is 556. The molecule has 1 aliphatic rings. The van der Waals surface area contributed by atoms with Crippen LogP contribution in [-0.2, 0) is 6.54 Å². The molecule has 2 heterocycles. The molecule has 0 aromatic carbocycles. The molecule has 8 heteroatoms. The molecule has 4 N–H and O–H groups in total. The van der Waals surface area contributed by atoms with Crippen molar-refractivity contribution in [2.24, 2.45) is 0 Å². The van der Waals surface area contributed by atoms with Gasteiger partial charge in [0.2, 0.25) is 5.82 Å². The van der Waals surface area contributed by atoms with E-state index >= 15 is 0 Å². The molecule has 0 radical (unpaired) electrons. The molecule has 1 aromatic rings. The summed E-state index contributed by atoms with van der Waals surface area (Å²) in [6.07, 6.45) is 0.175. The van der Waals surface area contributed by atoms with Crippen LogP contribution in [0.15, 0.2) is 15.8 Å². The monoisotopic (exact) mass is 273 g/mol. The van der Waals surface area contributed by atoms with E-state index in [1.165, 1.54) is 0 Å². The first kappa shape index (κ1) is 13.9. The van der Waals surface area contributed by atoms with Gasteiger partial charge in [-0.15, -0.1) is 0 Å². The number of aromatic nitrogens is 2. The van der Waals surface area contributed by atoms with Crippen LogP contribution in [0.1, 0.15) is 12.8 Å². The number of aromatic amines is 1. The quantitative estimate of drug-likeness (QED) is 0.515. The Hall–Kier alpha value is -1.51. The van der Waals surface area contributed by atoms with Gasteiger partial charge in [-0.05, 0) is 19.4 Å². The SMILES string of the molecule is O=c1[nH]c(=O)n(C[C@H](O)C[C@H]2NCC[C@@H]2O)cc1F. The molecule has 0 aliphatic carbocycles. The first-order valence-corrected chi connectivity index (χ1v) is 6.06. The summed E-state index contributed by atoms with van der Waals surface area (Å²) in [5.41, 5.74) is -1.85. The second-order valence-electron chi connectivity index (χ2n) is 4.69. The van der Waals surface area contributed by atoms with Gasteiger partial charge < -0.3 is 15.5 Å². The molecule has 106 valence electrons. The molecule has 0 spiro atoms. The minimum absolute atomic E-state index is 0.141. The van der Waals surface area contributed by atoms with Crippen LogP contribution in [0.4, 0.5) is 4.39 Å². The minimum atomic E-state index is -1.08. The molecule has 0 unspecified atom stereocenters. The van der Waals surface area contributed by atoms with E-state index in [0.29, 0.717) is 13.0 Å². The number of nitrogens with one attached hydrogen (secondary N) is 2. The van der Waals surface area contributed by atoms with Crippen LogP contribution < -0.4 is 16.6 Å². The van der Waals surface area contributed by atoms with Gasteiger partial charge in [-0.25, -0.2) is 4.79 Å². The summed E-state index contributed by atoms with van der Waals surface area (Å²) >= 11 is 0. The van der Waals surface area contributed by atoms with E-state index in [9.17, 15) is 24.2 Å². The van der Waals surface area contributed by atoms with E-state index < -0.39 is 29.3 Å². The normalized spacial score (nSPS) is 24.6. The highest BCUT2D eigenvalue weighted by Crippen LogP contribution is 2.12. The van der Waals surface area contributed by atoms with E-state index in [4.69, 9.17) is 0 Å². The molecule has 0 saturated carbocycles. The lowest BCUT2D eigenvalue weighted by Gasteiger charge is -2.19. The molecule has 0 bridgehead atoms. The fourth-order valence-electron chi connectivity index (χ4n) is 2.21. The van der Waals surface area contributed by atoms with Crippen molar-refractivity contribution in [2.45, 2.75) is 37.6 Å². The average molecular weight is 273 g/mol. The number of hydrogen-bond donors (Lipinski definition) is 4. The lowest BCUT2D eigenvalue weighted by atomic mass is 10.1. The van der Waals surface area contributed by atoms with Crippen molar-refractivity contribution in [1.29, 1.82) is 0 Å². The maximum atomic E-state index is 13.0. The molecule has 1 aromatic heterocycles. The van der Waals surface area contributed by atoms with Crippen molar-refractivity contribution < 1.29 is 14.6 Å². The van der Waals surface area contributed by atoms with Gasteiger partial charge >= 0.3 is 5.69 Å². The predicted octanol–water partition coefficient (Wildman–Crippen LogP) is -1.85. The van der Waals surface area contributed by atoms with E-state index in [2.05, 4.69) is 5.32 Å². The predicted molar refractivity (Wildman–Crippen MR) is 64.3 cm³/mol.